The monoisotopic (exact) mass is 261 g/mol. The highest BCUT2D eigenvalue weighted by molar-refractivity contribution is 5.72. The third kappa shape index (κ3) is 3.77. The summed E-state index contributed by atoms with van der Waals surface area (Å²) in [5, 5.41) is 8.92. The number of carbonyl (C=O) groups excluding carboxylic acids is 1. The molecule has 0 aliphatic carbocycles. The van der Waals surface area contributed by atoms with E-state index in [-0.39, 0.29) is 12.0 Å². The molecule has 0 radical (unpaired) electrons. The molecule has 0 saturated carbocycles. The predicted octanol–water partition coefficient (Wildman–Crippen LogP) is 2.73. The van der Waals surface area contributed by atoms with Crippen LogP contribution in [-0.4, -0.2) is 27.6 Å². The Hall–Kier alpha value is -1.91. The topological polar surface area (TPSA) is 57.0 Å². The zero-order chi connectivity index (χ0) is 13.7. The Morgan fingerprint density at radius 3 is 2.47 bits per heavy atom. The quantitative estimate of drug-likeness (QED) is 0.592. The second-order valence-corrected chi connectivity index (χ2v) is 4.69. The number of rotatable bonds is 6. The van der Waals surface area contributed by atoms with E-state index >= 15 is 0 Å². The normalized spacial score (nSPS) is 12.5. The first-order chi connectivity index (χ1) is 9.16. The van der Waals surface area contributed by atoms with Crippen LogP contribution in [0.5, 0.6) is 0 Å². The molecule has 0 spiro atoms. The van der Waals surface area contributed by atoms with Crippen LogP contribution >= 0.6 is 0 Å². The molecule has 2 rings (SSSR count). The van der Waals surface area contributed by atoms with Gasteiger partial charge in [-0.3, -0.25) is 4.79 Å². The van der Waals surface area contributed by atoms with Crippen molar-refractivity contribution in [3.63, 3.8) is 0 Å². The van der Waals surface area contributed by atoms with Gasteiger partial charge in [0.2, 0.25) is 0 Å². The number of carbonyl (C=O) groups is 1. The van der Waals surface area contributed by atoms with Gasteiger partial charge in [0.25, 0.3) is 0 Å². The van der Waals surface area contributed by atoms with Gasteiger partial charge in [0.05, 0.1) is 12.6 Å². The van der Waals surface area contributed by atoms with Crippen molar-refractivity contribution in [2.45, 2.75) is 39.2 Å². The van der Waals surface area contributed by atoms with Crippen LogP contribution in [0.1, 0.15) is 39.2 Å². The maximum Gasteiger partial charge on any atom is 0.302 e. The minimum atomic E-state index is -0.215. The predicted molar refractivity (Wildman–Crippen MR) is 72.7 cm³/mol. The fourth-order valence-corrected chi connectivity index (χ4v) is 1.95. The van der Waals surface area contributed by atoms with E-state index in [2.05, 4.69) is 17.1 Å². The molecular weight excluding hydrogens is 242 g/mol. The average Bonchev–Trinajstić information content (AvgIpc) is 2.81. The molecule has 0 fully saturated rings. The lowest BCUT2D eigenvalue weighted by atomic mass is 10.1. The maximum absolute atomic E-state index is 10.6. The van der Waals surface area contributed by atoms with Crippen LogP contribution in [0, 0.1) is 0 Å². The Morgan fingerprint density at radius 2 is 1.89 bits per heavy atom. The van der Waals surface area contributed by atoms with Crippen molar-refractivity contribution in [1.82, 2.24) is 15.0 Å². The molecule has 0 N–H and O–H groups in total. The smallest absolute Gasteiger partial charge is 0.302 e. The van der Waals surface area contributed by atoms with E-state index in [9.17, 15) is 4.79 Å². The van der Waals surface area contributed by atoms with E-state index in [4.69, 9.17) is 4.74 Å². The largest absolute Gasteiger partial charge is 0.466 e. The maximum atomic E-state index is 10.6. The van der Waals surface area contributed by atoms with Gasteiger partial charge in [0, 0.05) is 6.92 Å². The van der Waals surface area contributed by atoms with E-state index in [0.717, 1.165) is 30.3 Å². The van der Waals surface area contributed by atoms with Crippen molar-refractivity contribution in [1.29, 1.82) is 0 Å². The first kappa shape index (κ1) is 13.5. The summed E-state index contributed by atoms with van der Waals surface area (Å²) in [5.41, 5.74) is 1.85. The average molecular weight is 261 g/mol. The minimum absolute atomic E-state index is 0.215. The SMILES string of the molecule is CC(=O)OCCCCC(C)n1nc2ccccc2n1. The highest BCUT2D eigenvalue weighted by atomic mass is 16.5. The zero-order valence-electron chi connectivity index (χ0n) is 11.4. The second kappa shape index (κ2) is 6.31. The third-order valence-corrected chi connectivity index (χ3v) is 3.02. The number of hydrogen-bond acceptors (Lipinski definition) is 4. The van der Waals surface area contributed by atoms with Gasteiger partial charge in [0.15, 0.2) is 0 Å². The number of benzene rings is 1. The summed E-state index contributed by atoms with van der Waals surface area (Å²) in [7, 11) is 0. The Bertz CT molecular complexity index is 517. The summed E-state index contributed by atoms with van der Waals surface area (Å²) in [5.74, 6) is -0.215. The van der Waals surface area contributed by atoms with Gasteiger partial charge in [-0.25, -0.2) is 0 Å². The molecule has 1 heterocycles. The molecule has 1 atom stereocenters. The van der Waals surface area contributed by atoms with E-state index in [1.807, 2.05) is 24.3 Å². The van der Waals surface area contributed by atoms with Crippen LogP contribution in [0.15, 0.2) is 24.3 Å². The lowest BCUT2D eigenvalue weighted by molar-refractivity contribution is -0.141. The summed E-state index contributed by atoms with van der Waals surface area (Å²) >= 11 is 0. The van der Waals surface area contributed by atoms with Crippen LogP contribution in [0.25, 0.3) is 11.0 Å². The highest BCUT2D eigenvalue weighted by Crippen LogP contribution is 2.15. The Morgan fingerprint density at radius 1 is 1.26 bits per heavy atom. The molecule has 5 heteroatoms. The molecule has 102 valence electrons. The molecule has 0 saturated heterocycles. The molecule has 0 aliphatic rings. The number of fused-ring (bicyclic) bond motifs is 1. The van der Waals surface area contributed by atoms with Gasteiger partial charge in [0.1, 0.15) is 11.0 Å². The Balaban J connectivity index is 1.82. The van der Waals surface area contributed by atoms with Crippen molar-refractivity contribution in [2.75, 3.05) is 6.61 Å². The van der Waals surface area contributed by atoms with Crippen molar-refractivity contribution in [3.05, 3.63) is 24.3 Å². The van der Waals surface area contributed by atoms with Crippen molar-refractivity contribution in [3.8, 4) is 0 Å². The van der Waals surface area contributed by atoms with Gasteiger partial charge in [-0.15, -0.1) is 0 Å². The fourth-order valence-electron chi connectivity index (χ4n) is 1.95. The first-order valence-corrected chi connectivity index (χ1v) is 6.62. The van der Waals surface area contributed by atoms with Crippen LogP contribution < -0.4 is 0 Å². The van der Waals surface area contributed by atoms with Crippen molar-refractivity contribution >= 4 is 17.0 Å². The molecule has 0 bridgehead atoms. The van der Waals surface area contributed by atoms with E-state index in [1.54, 1.807) is 4.80 Å². The van der Waals surface area contributed by atoms with E-state index < -0.39 is 0 Å². The summed E-state index contributed by atoms with van der Waals surface area (Å²) in [6.07, 6.45) is 2.85. The number of esters is 1. The fraction of sp³-hybridized carbons (Fsp3) is 0.500. The van der Waals surface area contributed by atoms with Gasteiger partial charge in [-0.1, -0.05) is 12.1 Å². The van der Waals surface area contributed by atoms with Gasteiger partial charge in [-0.2, -0.15) is 15.0 Å². The standard InChI is InChI=1S/C14H19N3O2/c1-11(7-5-6-10-19-12(2)18)17-15-13-8-3-4-9-14(13)16-17/h3-4,8-9,11H,5-7,10H2,1-2H3. The number of aromatic nitrogens is 3. The molecule has 19 heavy (non-hydrogen) atoms. The molecule has 2 aromatic rings. The first-order valence-electron chi connectivity index (χ1n) is 6.62. The Labute approximate surface area is 112 Å². The summed E-state index contributed by atoms with van der Waals surface area (Å²) < 4.78 is 4.90. The molecule has 5 nitrogen and oxygen atoms in total. The molecule has 1 aromatic heterocycles. The summed E-state index contributed by atoms with van der Waals surface area (Å²) in [6.45, 7) is 4.03. The number of unbranched alkanes of at least 4 members (excludes halogenated alkanes) is 1. The van der Waals surface area contributed by atoms with Crippen LogP contribution in [0.3, 0.4) is 0 Å². The number of hydrogen-bond donors (Lipinski definition) is 0. The number of ether oxygens (including phenoxy) is 1. The van der Waals surface area contributed by atoms with Crippen molar-refractivity contribution < 1.29 is 9.53 Å². The summed E-state index contributed by atoms with van der Waals surface area (Å²) in [4.78, 5) is 12.4. The van der Waals surface area contributed by atoms with Crippen molar-refractivity contribution in [2.24, 2.45) is 0 Å². The summed E-state index contributed by atoms with van der Waals surface area (Å²) in [6, 6.07) is 8.11. The third-order valence-electron chi connectivity index (χ3n) is 3.02. The molecule has 0 amide bonds. The van der Waals surface area contributed by atoms with Crippen LogP contribution in [-0.2, 0) is 9.53 Å². The number of nitrogens with zero attached hydrogens (tertiary/aromatic N) is 3. The lowest BCUT2D eigenvalue weighted by Crippen LogP contribution is -2.09. The molecule has 1 unspecified atom stereocenters. The van der Waals surface area contributed by atoms with Crippen LogP contribution in [0.2, 0.25) is 0 Å². The van der Waals surface area contributed by atoms with Gasteiger partial charge in [-0.05, 0) is 38.3 Å². The minimum Gasteiger partial charge on any atom is -0.466 e. The Kier molecular flexibility index (Phi) is 4.49. The molecule has 0 aliphatic heterocycles. The van der Waals surface area contributed by atoms with Crippen LogP contribution in [0.4, 0.5) is 0 Å². The van der Waals surface area contributed by atoms with Gasteiger partial charge < -0.3 is 4.74 Å². The lowest BCUT2D eigenvalue weighted by Gasteiger charge is -2.09. The zero-order valence-corrected chi connectivity index (χ0v) is 11.4. The molecular formula is C14H19N3O2. The highest BCUT2D eigenvalue weighted by Gasteiger charge is 2.08. The molecule has 1 aromatic carbocycles. The van der Waals surface area contributed by atoms with Gasteiger partial charge >= 0.3 is 5.97 Å². The van der Waals surface area contributed by atoms with E-state index in [0.29, 0.717) is 6.61 Å². The second-order valence-electron chi connectivity index (χ2n) is 4.69. The van der Waals surface area contributed by atoms with E-state index in [1.165, 1.54) is 6.92 Å².